The van der Waals surface area contributed by atoms with Crippen LogP contribution in [0.1, 0.15) is 22.9 Å². The van der Waals surface area contributed by atoms with Crippen LogP contribution >= 0.6 is 0 Å². The molecule has 1 atom stereocenters. The Balaban J connectivity index is 1.51. The van der Waals surface area contributed by atoms with E-state index >= 15 is 0 Å². The summed E-state index contributed by atoms with van der Waals surface area (Å²) >= 11 is 0. The number of carbonyl (C=O) groups excluding carboxylic acids is 1. The number of nitrogens with two attached hydrogens (primary N) is 1. The van der Waals surface area contributed by atoms with E-state index in [1.807, 2.05) is 43.3 Å². The van der Waals surface area contributed by atoms with Crippen molar-refractivity contribution in [3.05, 3.63) is 65.5 Å². The lowest BCUT2D eigenvalue weighted by molar-refractivity contribution is -0.109. The lowest BCUT2D eigenvalue weighted by Crippen LogP contribution is -2.36. The van der Waals surface area contributed by atoms with Crippen LogP contribution in [0.3, 0.4) is 0 Å². The molecular formula is C25H26N6O2. The summed E-state index contributed by atoms with van der Waals surface area (Å²) < 4.78 is 5.44. The summed E-state index contributed by atoms with van der Waals surface area (Å²) in [4.78, 5) is 23.6. The zero-order valence-corrected chi connectivity index (χ0v) is 18.4. The van der Waals surface area contributed by atoms with Gasteiger partial charge in [-0.2, -0.15) is 0 Å². The fourth-order valence-electron chi connectivity index (χ4n) is 4.13. The summed E-state index contributed by atoms with van der Waals surface area (Å²) in [6, 6.07) is 13.4. The molecule has 8 nitrogen and oxygen atoms in total. The summed E-state index contributed by atoms with van der Waals surface area (Å²) in [5.74, 6) is 0.617. The van der Waals surface area contributed by atoms with Gasteiger partial charge < -0.3 is 30.8 Å². The van der Waals surface area contributed by atoms with Crippen LogP contribution in [-0.2, 0) is 9.53 Å². The number of nitrogen functional groups attached to an aromatic ring is 1. The van der Waals surface area contributed by atoms with Crippen LogP contribution in [0, 0.1) is 6.92 Å². The maximum absolute atomic E-state index is 11.8. The van der Waals surface area contributed by atoms with Crippen LogP contribution in [0.5, 0.6) is 0 Å². The number of carbonyl (C=O) groups is 1. The Bertz CT molecular complexity index is 1200. The predicted molar refractivity (Wildman–Crippen MR) is 130 cm³/mol. The molecule has 0 radical (unpaired) electrons. The molecule has 1 aromatic carbocycles. The van der Waals surface area contributed by atoms with Gasteiger partial charge in [0.15, 0.2) is 0 Å². The second kappa shape index (κ2) is 8.91. The zero-order chi connectivity index (χ0) is 22.8. The van der Waals surface area contributed by atoms with Crippen molar-refractivity contribution in [1.82, 2.24) is 15.3 Å². The number of aromatic nitrogens is 2. The van der Waals surface area contributed by atoms with E-state index in [9.17, 15) is 4.79 Å². The van der Waals surface area contributed by atoms with Gasteiger partial charge in [-0.25, -0.2) is 9.97 Å². The number of aryl methyl sites for hydroxylation is 1. The molecule has 4 N–H and O–H groups in total. The van der Waals surface area contributed by atoms with Gasteiger partial charge in [0.1, 0.15) is 18.1 Å². The maximum atomic E-state index is 11.8. The largest absolute Gasteiger partial charge is 0.397 e. The molecule has 1 unspecified atom stereocenters. The van der Waals surface area contributed by atoms with E-state index in [0.717, 1.165) is 66.5 Å². The minimum absolute atomic E-state index is 0.484. The van der Waals surface area contributed by atoms with Gasteiger partial charge in [0, 0.05) is 30.0 Å². The summed E-state index contributed by atoms with van der Waals surface area (Å²) in [5, 5.41) is 6.52. The SMILES string of the molecule is Cc1nc(-c2cc3c(c(Nc4ccc(N5CCOCC5)cc4)n2)C(C=O)NC=C3)ccc1N. The number of anilines is 4. The third-order valence-electron chi connectivity index (χ3n) is 5.97. The van der Waals surface area contributed by atoms with Crippen molar-refractivity contribution in [2.75, 3.05) is 42.3 Å². The Labute approximate surface area is 192 Å². The van der Waals surface area contributed by atoms with Gasteiger partial charge >= 0.3 is 0 Å². The highest BCUT2D eigenvalue weighted by Crippen LogP contribution is 2.34. The first-order chi connectivity index (χ1) is 16.1. The number of aldehydes is 1. The lowest BCUT2D eigenvalue weighted by Gasteiger charge is -2.29. The summed E-state index contributed by atoms with van der Waals surface area (Å²) in [5.41, 5.74) is 12.5. The molecule has 2 aliphatic heterocycles. The minimum Gasteiger partial charge on any atom is -0.397 e. The number of hydrogen-bond acceptors (Lipinski definition) is 8. The van der Waals surface area contributed by atoms with E-state index < -0.39 is 6.04 Å². The third kappa shape index (κ3) is 4.25. The number of nitrogens with one attached hydrogen (secondary N) is 2. The lowest BCUT2D eigenvalue weighted by atomic mass is 9.97. The molecule has 3 aromatic rings. The van der Waals surface area contributed by atoms with Gasteiger partial charge in [-0.05, 0) is 67.2 Å². The Morgan fingerprint density at radius 3 is 2.64 bits per heavy atom. The number of rotatable bonds is 5. The molecule has 4 heterocycles. The summed E-state index contributed by atoms with van der Waals surface area (Å²) in [6.07, 6.45) is 4.62. The van der Waals surface area contributed by atoms with Gasteiger partial charge in [0.25, 0.3) is 0 Å². The van der Waals surface area contributed by atoms with Gasteiger partial charge in [0.2, 0.25) is 0 Å². The molecule has 2 aliphatic rings. The summed E-state index contributed by atoms with van der Waals surface area (Å²) in [7, 11) is 0. The fraction of sp³-hybridized carbons (Fsp3) is 0.240. The van der Waals surface area contributed by atoms with E-state index in [-0.39, 0.29) is 0 Å². The van der Waals surface area contributed by atoms with Crippen LogP contribution in [0.2, 0.25) is 0 Å². The van der Waals surface area contributed by atoms with Gasteiger partial charge in [-0.3, -0.25) is 0 Å². The quantitative estimate of drug-likeness (QED) is 0.516. The fourth-order valence-corrected chi connectivity index (χ4v) is 4.13. The summed E-state index contributed by atoms with van der Waals surface area (Å²) in [6.45, 7) is 5.14. The van der Waals surface area contributed by atoms with Crippen LogP contribution in [-0.4, -0.2) is 42.6 Å². The van der Waals surface area contributed by atoms with Crippen molar-refractivity contribution in [2.24, 2.45) is 0 Å². The average Bonchev–Trinajstić information content (AvgIpc) is 2.86. The molecule has 33 heavy (non-hydrogen) atoms. The molecule has 0 bridgehead atoms. The van der Waals surface area contributed by atoms with Crippen LogP contribution in [0.25, 0.3) is 17.5 Å². The van der Waals surface area contributed by atoms with Gasteiger partial charge in [0.05, 0.1) is 36.0 Å². The maximum Gasteiger partial charge on any atom is 0.146 e. The van der Waals surface area contributed by atoms with Crippen molar-refractivity contribution in [3.8, 4) is 11.4 Å². The number of nitrogens with zero attached hydrogens (tertiary/aromatic N) is 3. The molecule has 0 aliphatic carbocycles. The molecular weight excluding hydrogens is 416 g/mol. The Morgan fingerprint density at radius 1 is 1.12 bits per heavy atom. The Hall–Kier alpha value is -3.91. The van der Waals surface area contributed by atoms with E-state index in [4.69, 9.17) is 15.5 Å². The van der Waals surface area contributed by atoms with E-state index in [0.29, 0.717) is 17.2 Å². The minimum atomic E-state index is -0.484. The third-order valence-corrected chi connectivity index (χ3v) is 5.97. The van der Waals surface area contributed by atoms with Crippen LogP contribution in [0.15, 0.2) is 48.7 Å². The van der Waals surface area contributed by atoms with Gasteiger partial charge in [-0.15, -0.1) is 0 Å². The highest BCUT2D eigenvalue weighted by atomic mass is 16.5. The van der Waals surface area contributed by atoms with Crippen LogP contribution < -0.4 is 21.3 Å². The Kier molecular flexibility index (Phi) is 5.66. The van der Waals surface area contributed by atoms with Crippen molar-refractivity contribution in [1.29, 1.82) is 0 Å². The molecule has 0 amide bonds. The highest BCUT2D eigenvalue weighted by Gasteiger charge is 2.23. The Morgan fingerprint density at radius 2 is 1.91 bits per heavy atom. The van der Waals surface area contributed by atoms with E-state index in [1.165, 1.54) is 0 Å². The predicted octanol–water partition coefficient (Wildman–Crippen LogP) is 3.43. The number of benzene rings is 1. The molecule has 1 fully saturated rings. The number of pyridine rings is 2. The average molecular weight is 443 g/mol. The number of ether oxygens (including phenoxy) is 1. The zero-order valence-electron chi connectivity index (χ0n) is 18.4. The highest BCUT2D eigenvalue weighted by molar-refractivity contribution is 5.80. The normalized spacial score (nSPS) is 17.2. The molecule has 2 aromatic heterocycles. The first-order valence-corrected chi connectivity index (χ1v) is 11.0. The van der Waals surface area contributed by atoms with Crippen LogP contribution in [0.4, 0.5) is 22.9 Å². The first kappa shape index (κ1) is 21.0. The molecule has 1 saturated heterocycles. The molecule has 5 rings (SSSR count). The number of hydrogen-bond donors (Lipinski definition) is 3. The van der Waals surface area contributed by atoms with Crippen molar-refractivity contribution in [2.45, 2.75) is 13.0 Å². The van der Waals surface area contributed by atoms with Gasteiger partial charge in [-0.1, -0.05) is 0 Å². The smallest absolute Gasteiger partial charge is 0.146 e. The van der Waals surface area contributed by atoms with Crippen molar-refractivity contribution >= 4 is 35.2 Å². The second-order valence-corrected chi connectivity index (χ2v) is 8.12. The first-order valence-electron chi connectivity index (χ1n) is 11.0. The topological polar surface area (TPSA) is 105 Å². The standard InChI is InChI=1S/C25H26N6O2/c1-16-20(26)6-7-21(28-16)22-14-17-8-9-27-23(15-32)24(17)25(30-22)29-18-2-4-19(5-3-18)31-10-12-33-13-11-31/h2-9,14-15,23,27H,10-13,26H2,1H3,(H,29,30). The number of fused-ring (bicyclic) bond motifs is 1. The van der Waals surface area contributed by atoms with E-state index in [2.05, 4.69) is 32.7 Å². The number of morpholine rings is 1. The van der Waals surface area contributed by atoms with E-state index in [1.54, 1.807) is 6.20 Å². The molecule has 168 valence electrons. The van der Waals surface area contributed by atoms with Crippen molar-refractivity contribution < 1.29 is 9.53 Å². The second-order valence-electron chi connectivity index (χ2n) is 8.12. The van der Waals surface area contributed by atoms with Crippen molar-refractivity contribution in [3.63, 3.8) is 0 Å². The monoisotopic (exact) mass is 442 g/mol. The molecule has 8 heteroatoms. The molecule has 0 saturated carbocycles. The molecule has 0 spiro atoms.